The molecular weight excluding hydrogens is 381 g/mol. The molecule has 2 fully saturated rings. The predicted molar refractivity (Wildman–Crippen MR) is 101 cm³/mol. The Morgan fingerprint density at radius 1 is 0.966 bits per heavy atom. The molecule has 29 heavy (non-hydrogen) atoms. The summed E-state index contributed by atoms with van der Waals surface area (Å²) in [4.78, 5) is 12.6. The molecule has 2 aromatic rings. The minimum atomic E-state index is -1.62. The monoisotopic (exact) mass is 402 g/mol. The maximum absolute atomic E-state index is 13.9. The smallest absolute Gasteiger partial charge is 0.321 e. The molecule has 4 aliphatic rings. The Morgan fingerprint density at radius 2 is 1.59 bits per heavy atom. The highest BCUT2D eigenvalue weighted by Gasteiger charge is 2.56. The number of ether oxygens (including phenoxy) is 1. The molecule has 2 aliphatic heterocycles. The second-order valence-electron chi connectivity index (χ2n) is 8.69. The first-order chi connectivity index (χ1) is 13.8. The molecule has 4 nitrogen and oxygen atoms in total. The Hall–Kier alpha value is -2.54. The fraction of sp³-hybridized carbons (Fsp3) is 0.409. The van der Waals surface area contributed by atoms with E-state index in [2.05, 4.69) is 29.7 Å². The molecule has 2 saturated heterocycles. The summed E-state index contributed by atoms with van der Waals surface area (Å²) in [6.07, 6.45) is 2.99. The summed E-state index contributed by atoms with van der Waals surface area (Å²) >= 11 is 0. The summed E-state index contributed by atoms with van der Waals surface area (Å²) in [5.41, 5.74) is 0.934. The molecule has 2 atom stereocenters. The molecule has 0 saturated carbocycles. The van der Waals surface area contributed by atoms with Crippen LogP contribution >= 0.6 is 0 Å². The first-order valence-electron chi connectivity index (χ1n) is 9.79. The van der Waals surface area contributed by atoms with Crippen molar-refractivity contribution in [1.29, 1.82) is 0 Å². The van der Waals surface area contributed by atoms with Crippen molar-refractivity contribution in [2.75, 3.05) is 5.32 Å². The second kappa shape index (κ2) is 6.23. The minimum absolute atomic E-state index is 0.248. The fourth-order valence-electron chi connectivity index (χ4n) is 5.59. The number of rotatable bonds is 2. The lowest BCUT2D eigenvalue weighted by atomic mass is 9.73. The van der Waals surface area contributed by atoms with Gasteiger partial charge in [-0.05, 0) is 54.9 Å². The molecule has 6 rings (SSSR count). The van der Waals surface area contributed by atoms with Gasteiger partial charge < -0.3 is 15.4 Å². The van der Waals surface area contributed by atoms with E-state index < -0.39 is 34.9 Å². The van der Waals surface area contributed by atoms with Crippen LogP contribution in [-0.4, -0.2) is 17.4 Å². The number of carbonyl (C=O) groups excluding carboxylic acids is 1. The van der Waals surface area contributed by atoms with Crippen LogP contribution in [0.3, 0.4) is 0 Å². The number of urea groups is 1. The van der Waals surface area contributed by atoms with Gasteiger partial charge in [0.2, 0.25) is 0 Å². The molecule has 2 heterocycles. The van der Waals surface area contributed by atoms with Gasteiger partial charge in [-0.3, -0.25) is 0 Å². The van der Waals surface area contributed by atoms with Crippen LogP contribution in [0.4, 0.5) is 23.7 Å². The standard InChI is InChI=1S/C22H21F3N2O2/c1-21-8-12-10-22(29-21,11-13(9-21)15-5-3-2-4-14(12)15)27-20(28)26-17-7-6-16(23)18(24)19(17)25/h2-7,12-13H,8-11H2,1H3,(H2,26,27,28). The van der Waals surface area contributed by atoms with Crippen LogP contribution in [0.2, 0.25) is 0 Å². The Balaban J connectivity index is 1.42. The third kappa shape index (κ3) is 2.99. The van der Waals surface area contributed by atoms with Crippen LogP contribution in [0.5, 0.6) is 0 Å². The van der Waals surface area contributed by atoms with Crippen LogP contribution < -0.4 is 10.6 Å². The van der Waals surface area contributed by atoms with Gasteiger partial charge in [-0.2, -0.15) is 0 Å². The number of nitrogens with one attached hydrogen (secondary N) is 2. The van der Waals surface area contributed by atoms with Gasteiger partial charge in [0.15, 0.2) is 17.5 Å². The van der Waals surface area contributed by atoms with E-state index in [1.807, 2.05) is 12.1 Å². The molecule has 2 aliphatic carbocycles. The summed E-state index contributed by atoms with van der Waals surface area (Å²) in [5.74, 6) is -3.85. The summed E-state index contributed by atoms with van der Waals surface area (Å²) in [6, 6.07) is 9.44. The van der Waals surface area contributed by atoms with Gasteiger partial charge in [-0.1, -0.05) is 24.3 Å². The predicted octanol–water partition coefficient (Wildman–Crippen LogP) is 5.17. The fourth-order valence-corrected chi connectivity index (χ4v) is 5.59. The molecule has 4 bridgehead atoms. The van der Waals surface area contributed by atoms with Crippen molar-refractivity contribution in [3.8, 4) is 0 Å². The molecule has 152 valence electrons. The Bertz CT molecular complexity index is 975. The van der Waals surface area contributed by atoms with Crippen molar-refractivity contribution in [3.63, 3.8) is 0 Å². The lowest BCUT2D eigenvalue weighted by molar-refractivity contribution is -0.227. The van der Waals surface area contributed by atoms with Crippen molar-refractivity contribution in [1.82, 2.24) is 5.32 Å². The summed E-state index contributed by atoms with van der Waals surface area (Å²) in [6.45, 7) is 2.07. The quantitative estimate of drug-likeness (QED) is 0.682. The van der Waals surface area contributed by atoms with E-state index in [4.69, 9.17) is 4.74 Å². The van der Waals surface area contributed by atoms with Crippen molar-refractivity contribution in [2.45, 2.75) is 55.8 Å². The highest BCUT2D eigenvalue weighted by molar-refractivity contribution is 5.89. The first kappa shape index (κ1) is 18.5. The van der Waals surface area contributed by atoms with Crippen molar-refractivity contribution >= 4 is 11.7 Å². The topological polar surface area (TPSA) is 50.4 Å². The molecule has 7 heteroatoms. The molecule has 2 amide bonds. The van der Waals surface area contributed by atoms with E-state index in [1.165, 1.54) is 11.1 Å². The zero-order valence-corrected chi connectivity index (χ0v) is 15.9. The third-order valence-electron chi connectivity index (χ3n) is 6.45. The van der Waals surface area contributed by atoms with Crippen molar-refractivity contribution in [3.05, 3.63) is 65.0 Å². The molecule has 0 aromatic heterocycles. The summed E-state index contributed by atoms with van der Waals surface area (Å²) in [7, 11) is 0. The van der Waals surface area contributed by atoms with Crippen LogP contribution in [0.1, 0.15) is 55.6 Å². The van der Waals surface area contributed by atoms with E-state index >= 15 is 0 Å². The normalized spacial score (nSPS) is 31.9. The molecular formula is C22H21F3N2O2. The van der Waals surface area contributed by atoms with Crippen LogP contribution in [0.15, 0.2) is 36.4 Å². The molecule has 0 radical (unpaired) electrons. The Labute approximate surface area is 166 Å². The average Bonchev–Trinajstić information content (AvgIpc) is 2.80. The van der Waals surface area contributed by atoms with E-state index in [9.17, 15) is 18.0 Å². The highest BCUT2D eigenvalue weighted by Crippen LogP contribution is 2.58. The number of hydrogen-bond acceptors (Lipinski definition) is 2. The number of hydrogen-bond donors (Lipinski definition) is 2. The lowest BCUT2D eigenvalue weighted by Gasteiger charge is -2.53. The van der Waals surface area contributed by atoms with E-state index in [-0.39, 0.29) is 17.4 Å². The number of anilines is 1. The summed E-state index contributed by atoms with van der Waals surface area (Å²) < 4.78 is 46.9. The first-order valence-corrected chi connectivity index (χ1v) is 9.79. The SMILES string of the molecule is CC12CC3CC(NC(=O)Nc4ccc(F)c(F)c4F)(CC(C1)c1ccccc13)O2. The zero-order chi connectivity index (χ0) is 20.4. The molecule has 2 unspecified atom stereocenters. The maximum atomic E-state index is 13.9. The molecule has 2 N–H and O–H groups in total. The largest absolute Gasteiger partial charge is 0.349 e. The van der Waals surface area contributed by atoms with Gasteiger partial charge >= 0.3 is 6.03 Å². The molecule has 0 spiro atoms. The minimum Gasteiger partial charge on any atom is -0.349 e. The van der Waals surface area contributed by atoms with Crippen LogP contribution in [0.25, 0.3) is 0 Å². The van der Waals surface area contributed by atoms with Gasteiger partial charge in [0.05, 0.1) is 11.3 Å². The van der Waals surface area contributed by atoms with Gasteiger partial charge in [-0.25, -0.2) is 18.0 Å². The number of halogens is 3. The summed E-state index contributed by atoms with van der Waals surface area (Å²) in [5, 5.41) is 5.17. The van der Waals surface area contributed by atoms with Gasteiger partial charge in [0, 0.05) is 12.8 Å². The van der Waals surface area contributed by atoms with Crippen molar-refractivity contribution in [2.24, 2.45) is 0 Å². The van der Waals surface area contributed by atoms with Gasteiger partial charge in [-0.15, -0.1) is 0 Å². The lowest BCUT2D eigenvalue weighted by Crippen LogP contribution is -2.62. The van der Waals surface area contributed by atoms with E-state index in [0.29, 0.717) is 12.8 Å². The third-order valence-corrected chi connectivity index (χ3v) is 6.45. The van der Waals surface area contributed by atoms with Crippen LogP contribution in [0, 0.1) is 17.5 Å². The zero-order valence-electron chi connectivity index (χ0n) is 15.9. The van der Waals surface area contributed by atoms with Gasteiger partial charge in [0.1, 0.15) is 5.72 Å². The number of benzene rings is 2. The van der Waals surface area contributed by atoms with Crippen molar-refractivity contribution < 1.29 is 22.7 Å². The van der Waals surface area contributed by atoms with Crippen LogP contribution in [-0.2, 0) is 4.74 Å². The average molecular weight is 402 g/mol. The van der Waals surface area contributed by atoms with E-state index in [1.54, 1.807) is 0 Å². The van der Waals surface area contributed by atoms with E-state index in [0.717, 1.165) is 25.0 Å². The number of amides is 2. The Morgan fingerprint density at radius 3 is 2.21 bits per heavy atom. The maximum Gasteiger partial charge on any atom is 0.321 e. The highest BCUT2D eigenvalue weighted by atomic mass is 19.2. The molecule has 2 aromatic carbocycles. The second-order valence-corrected chi connectivity index (χ2v) is 8.69. The Kier molecular flexibility index (Phi) is 3.97. The number of carbonyl (C=O) groups is 1. The van der Waals surface area contributed by atoms with Gasteiger partial charge in [0.25, 0.3) is 0 Å².